The van der Waals surface area contributed by atoms with Gasteiger partial charge in [0.15, 0.2) is 0 Å². The standard InChI is InChI=1S/C11H15NO2S/c1-8(6-7-13)12-11(14)9-4-2-3-5-10(9)15/h2-5,8,13,15H,6-7H2,1H3,(H,12,14). The lowest BCUT2D eigenvalue weighted by Crippen LogP contribution is -2.33. The Hall–Kier alpha value is -1.00. The topological polar surface area (TPSA) is 49.3 Å². The molecule has 0 aliphatic carbocycles. The molecular weight excluding hydrogens is 210 g/mol. The Morgan fingerprint density at radius 2 is 2.20 bits per heavy atom. The van der Waals surface area contributed by atoms with Crippen molar-refractivity contribution in [2.45, 2.75) is 24.3 Å². The minimum Gasteiger partial charge on any atom is -0.396 e. The predicted molar refractivity (Wildman–Crippen MR) is 62.3 cm³/mol. The summed E-state index contributed by atoms with van der Waals surface area (Å²) in [6, 6.07) is 7.09. The van der Waals surface area contributed by atoms with Crippen molar-refractivity contribution in [1.82, 2.24) is 5.32 Å². The van der Waals surface area contributed by atoms with E-state index in [9.17, 15) is 4.79 Å². The van der Waals surface area contributed by atoms with E-state index in [2.05, 4.69) is 17.9 Å². The molecular formula is C11H15NO2S. The number of carbonyl (C=O) groups is 1. The highest BCUT2D eigenvalue weighted by Crippen LogP contribution is 2.12. The second-order valence-corrected chi connectivity index (χ2v) is 3.89. The molecule has 0 heterocycles. The molecule has 2 N–H and O–H groups in total. The number of benzene rings is 1. The van der Waals surface area contributed by atoms with Crippen LogP contribution in [0.4, 0.5) is 0 Å². The normalized spacial score (nSPS) is 12.2. The third-order valence-corrected chi connectivity index (χ3v) is 2.48. The van der Waals surface area contributed by atoms with Crippen LogP contribution in [0.15, 0.2) is 29.2 Å². The van der Waals surface area contributed by atoms with Gasteiger partial charge in [0.05, 0.1) is 5.56 Å². The van der Waals surface area contributed by atoms with Gasteiger partial charge in [0.2, 0.25) is 0 Å². The molecule has 4 heteroatoms. The number of aliphatic hydroxyl groups excluding tert-OH is 1. The third-order valence-electron chi connectivity index (χ3n) is 2.09. The highest BCUT2D eigenvalue weighted by molar-refractivity contribution is 7.80. The van der Waals surface area contributed by atoms with Crippen molar-refractivity contribution in [3.8, 4) is 0 Å². The van der Waals surface area contributed by atoms with Crippen LogP contribution in [0.2, 0.25) is 0 Å². The maximum absolute atomic E-state index is 11.7. The van der Waals surface area contributed by atoms with Crippen molar-refractivity contribution in [2.24, 2.45) is 0 Å². The van der Waals surface area contributed by atoms with Crippen LogP contribution in [0, 0.1) is 0 Å². The van der Waals surface area contributed by atoms with E-state index < -0.39 is 0 Å². The van der Waals surface area contributed by atoms with Crippen molar-refractivity contribution in [3.05, 3.63) is 29.8 Å². The molecule has 15 heavy (non-hydrogen) atoms. The van der Waals surface area contributed by atoms with Gasteiger partial charge in [-0.05, 0) is 25.5 Å². The van der Waals surface area contributed by atoms with Crippen LogP contribution < -0.4 is 5.32 Å². The van der Waals surface area contributed by atoms with Crippen LogP contribution in [0.1, 0.15) is 23.7 Å². The van der Waals surface area contributed by atoms with Crippen molar-refractivity contribution >= 4 is 18.5 Å². The molecule has 0 saturated heterocycles. The van der Waals surface area contributed by atoms with Crippen LogP contribution in [0.25, 0.3) is 0 Å². The lowest BCUT2D eigenvalue weighted by molar-refractivity contribution is 0.0931. The number of thiol groups is 1. The molecule has 1 aromatic carbocycles. The number of rotatable bonds is 4. The molecule has 1 rings (SSSR count). The maximum atomic E-state index is 11.7. The van der Waals surface area contributed by atoms with Crippen molar-refractivity contribution < 1.29 is 9.90 Å². The molecule has 1 amide bonds. The summed E-state index contributed by atoms with van der Waals surface area (Å²) in [5.74, 6) is -0.151. The van der Waals surface area contributed by atoms with Crippen molar-refractivity contribution in [1.29, 1.82) is 0 Å². The molecule has 0 radical (unpaired) electrons. The number of aliphatic hydroxyl groups is 1. The smallest absolute Gasteiger partial charge is 0.252 e. The Morgan fingerprint density at radius 3 is 2.80 bits per heavy atom. The molecule has 0 fully saturated rings. The van der Waals surface area contributed by atoms with E-state index in [0.717, 1.165) is 0 Å². The minimum atomic E-state index is -0.151. The molecule has 1 atom stereocenters. The summed E-state index contributed by atoms with van der Waals surface area (Å²) in [5.41, 5.74) is 0.561. The summed E-state index contributed by atoms with van der Waals surface area (Å²) in [5, 5.41) is 11.5. The van der Waals surface area contributed by atoms with E-state index in [4.69, 9.17) is 5.11 Å². The lowest BCUT2D eigenvalue weighted by Gasteiger charge is -2.13. The first kappa shape index (κ1) is 12.1. The second kappa shape index (κ2) is 5.78. The Morgan fingerprint density at radius 1 is 1.53 bits per heavy atom. The quantitative estimate of drug-likeness (QED) is 0.680. The summed E-state index contributed by atoms with van der Waals surface area (Å²) in [7, 11) is 0. The van der Waals surface area contributed by atoms with Gasteiger partial charge in [-0.1, -0.05) is 12.1 Å². The molecule has 82 valence electrons. The number of nitrogens with one attached hydrogen (secondary N) is 1. The molecule has 3 nitrogen and oxygen atoms in total. The third kappa shape index (κ3) is 3.57. The van der Waals surface area contributed by atoms with Crippen LogP contribution in [-0.2, 0) is 0 Å². The average Bonchev–Trinajstić information content (AvgIpc) is 2.18. The van der Waals surface area contributed by atoms with Gasteiger partial charge in [0.1, 0.15) is 0 Å². The molecule has 0 bridgehead atoms. The van der Waals surface area contributed by atoms with E-state index in [1.165, 1.54) is 0 Å². The van der Waals surface area contributed by atoms with Gasteiger partial charge < -0.3 is 10.4 Å². The summed E-state index contributed by atoms with van der Waals surface area (Å²) >= 11 is 4.20. The largest absolute Gasteiger partial charge is 0.396 e. The molecule has 1 unspecified atom stereocenters. The SMILES string of the molecule is CC(CCO)NC(=O)c1ccccc1S. The fourth-order valence-corrected chi connectivity index (χ4v) is 1.50. The van der Waals surface area contributed by atoms with E-state index in [0.29, 0.717) is 16.9 Å². The van der Waals surface area contributed by atoms with Crippen LogP contribution in [-0.4, -0.2) is 23.7 Å². The zero-order valence-electron chi connectivity index (χ0n) is 8.60. The van der Waals surface area contributed by atoms with E-state index >= 15 is 0 Å². The zero-order chi connectivity index (χ0) is 11.3. The highest BCUT2D eigenvalue weighted by Gasteiger charge is 2.11. The first-order valence-electron chi connectivity index (χ1n) is 4.85. The van der Waals surface area contributed by atoms with Crippen LogP contribution >= 0.6 is 12.6 Å². The first-order valence-corrected chi connectivity index (χ1v) is 5.29. The molecule has 0 spiro atoms. The minimum absolute atomic E-state index is 0.0320. The van der Waals surface area contributed by atoms with E-state index in [-0.39, 0.29) is 18.6 Å². The van der Waals surface area contributed by atoms with Gasteiger partial charge >= 0.3 is 0 Å². The monoisotopic (exact) mass is 225 g/mol. The summed E-state index contributed by atoms with van der Waals surface area (Å²) in [6.45, 7) is 1.93. The van der Waals surface area contributed by atoms with Gasteiger partial charge in [-0.15, -0.1) is 12.6 Å². The fraction of sp³-hybridized carbons (Fsp3) is 0.364. The van der Waals surface area contributed by atoms with Gasteiger partial charge in [-0.2, -0.15) is 0 Å². The van der Waals surface area contributed by atoms with Crippen LogP contribution in [0.3, 0.4) is 0 Å². The number of hydrogen-bond donors (Lipinski definition) is 3. The van der Waals surface area contributed by atoms with Gasteiger partial charge in [0.25, 0.3) is 5.91 Å². The van der Waals surface area contributed by atoms with Gasteiger partial charge in [-0.25, -0.2) is 0 Å². The van der Waals surface area contributed by atoms with Crippen molar-refractivity contribution in [3.63, 3.8) is 0 Å². The summed E-state index contributed by atoms with van der Waals surface area (Å²) in [4.78, 5) is 12.4. The van der Waals surface area contributed by atoms with E-state index in [1.54, 1.807) is 18.2 Å². The summed E-state index contributed by atoms with van der Waals surface area (Å²) in [6.07, 6.45) is 0.556. The molecule has 0 saturated carbocycles. The van der Waals surface area contributed by atoms with Crippen molar-refractivity contribution in [2.75, 3.05) is 6.61 Å². The molecule has 1 aromatic rings. The Balaban J connectivity index is 2.65. The Bertz CT molecular complexity index is 341. The fourth-order valence-electron chi connectivity index (χ4n) is 1.23. The van der Waals surface area contributed by atoms with E-state index in [1.807, 2.05) is 13.0 Å². The Kier molecular flexibility index (Phi) is 4.65. The number of hydrogen-bond acceptors (Lipinski definition) is 3. The molecule has 0 aliphatic rings. The lowest BCUT2D eigenvalue weighted by atomic mass is 10.2. The van der Waals surface area contributed by atoms with Gasteiger partial charge in [0, 0.05) is 17.5 Å². The van der Waals surface area contributed by atoms with Crippen LogP contribution in [0.5, 0.6) is 0 Å². The second-order valence-electron chi connectivity index (χ2n) is 3.40. The number of carbonyl (C=O) groups excluding carboxylic acids is 1. The summed E-state index contributed by atoms with van der Waals surface area (Å²) < 4.78 is 0. The highest BCUT2D eigenvalue weighted by atomic mass is 32.1. The molecule has 0 aromatic heterocycles. The first-order chi connectivity index (χ1) is 7.15. The van der Waals surface area contributed by atoms with Gasteiger partial charge in [-0.3, -0.25) is 4.79 Å². The maximum Gasteiger partial charge on any atom is 0.252 e. The Labute approximate surface area is 94.9 Å². The zero-order valence-corrected chi connectivity index (χ0v) is 9.50. The average molecular weight is 225 g/mol. The number of amides is 1. The predicted octanol–water partition coefficient (Wildman–Crippen LogP) is 1.48. The molecule has 0 aliphatic heterocycles.